The van der Waals surface area contributed by atoms with Crippen LogP contribution in [-0.4, -0.2) is 18.5 Å². The zero-order valence-electron chi connectivity index (χ0n) is 44.1. The Morgan fingerprint density at radius 2 is 0.642 bits per heavy atom. The van der Waals surface area contributed by atoms with E-state index < -0.39 is 42.6 Å². The summed E-state index contributed by atoms with van der Waals surface area (Å²) in [6.45, 7) is 45.7. The second-order valence-corrected chi connectivity index (χ2v) is 13.8. The van der Waals surface area contributed by atoms with Gasteiger partial charge in [-0.2, -0.15) is 39.5 Å². The molecular weight excluding hydrogens is 699 g/mol. The summed E-state index contributed by atoms with van der Waals surface area (Å²) in [6, 6.07) is 0. The Morgan fingerprint density at radius 1 is 0.453 bits per heavy atom. The molecule has 0 heterocycles. The summed E-state index contributed by atoms with van der Waals surface area (Å²) in [4.78, 5) is 0. The Balaban J connectivity index is -0.0000000462. The van der Waals surface area contributed by atoms with E-state index in [0.29, 0.717) is 6.42 Å². The van der Waals surface area contributed by atoms with Gasteiger partial charge in [0.05, 0.1) is 5.92 Å². The number of halogens is 9. The lowest BCUT2D eigenvalue weighted by molar-refractivity contribution is -0.170. The number of unbranched alkanes of at least 4 members (excludes halogenated alkanes) is 3. The zero-order valence-corrected chi connectivity index (χ0v) is 40.1. The van der Waals surface area contributed by atoms with Crippen molar-refractivity contribution in [3.63, 3.8) is 0 Å². The highest BCUT2D eigenvalue weighted by Crippen LogP contribution is 2.27. The van der Waals surface area contributed by atoms with Gasteiger partial charge in [-0.05, 0) is 24.2 Å². The van der Waals surface area contributed by atoms with E-state index >= 15 is 0 Å². The summed E-state index contributed by atoms with van der Waals surface area (Å²) in [7, 11) is 0. The summed E-state index contributed by atoms with van der Waals surface area (Å²) in [6.07, 6.45) is -3.30. The zero-order chi connectivity index (χ0) is 49.7. The molecule has 0 spiro atoms. The van der Waals surface area contributed by atoms with Crippen molar-refractivity contribution in [3.05, 3.63) is 0 Å². The maximum atomic E-state index is 11.4. The smallest absolute Gasteiger partial charge is 0.171 e. The highest BCUT2D eigenvalue weighted by atomic mass is 19.4. The Hall–Kier alpha value is -0.630. The summed E-state index contributed by atoms with van der Waals surface area (Å²) < 4.78 is 129. The lowest BCUT2D eigenvalue weighted by Gasteiger charge is -2.11. The van der Waals surface area contributed by atoms with Crippen LogP contribution in [0, 0.1) is 35.5 Å². The van der Waals surface area contributed by atoms with E-state index in [9.17, 15) is 39.5 Å². The second-order valence-electron chi connectivity index (χ2n) is 13.8. The lowest BCUT2D eigenvalue weighted by atomic mass is 10.1. The third kappa shape index (κ3) is 195. The predicted molar refractivity (Wildman–Crippen MR) is 227 cm³/mol. The van der Waals surface area contributed by atoms with Crippen molar-refractivity contribution < 1.29 is 45.0 Å². The highest BCUT2D eigenvalue weighted by molar-refractivity contribution is 4.58. The molecule has 0 saturated heterocycles. The first-order valence-corrected chi connectivity index (χ1v) is 20.2. The van der Waals surface area contributed by atoms with Crippen LogP contribution in [0.5, 0.6) is 0 Å². The first-order chi connectivity index (χ1) is 25.0. The standard InChI is InChI=1S/C5H9F3.2C5H12.2C4H7F3.4C4H10.C3H8.C2H6/c1-3-4(2)5(6,7)8;1-4-5(2)3;1-3-5-4-2;2*1-3(2)4(5,6)7;2*1-4(2)3;2*1-3-4-2;1-3-2;1-2/h4H,3H2,1-2H3;5H,4H2,1-3H3;3-5H2,1-2H3;2*3H,1-2H3;2*4H,1-3H3;2*3-4H2,1-2H3;3H2,1-2H3;1-2H3/i;;;3D;;4D;;3D2;;;. The molecule has 0 nitrogen and oxygen atoms in total. The van der Waals surface area contributed by atoms with E-state index in [4.69, 9.17) is 5.48 Å². The van der Waals surface area contributed by atoms with Crippen LogP contribution < -0.4 is 0 Å². The van der Waals surface area contributed by atoms with Gasteiger partial charge in [-0.3, -0.25) is 0 Å². The van der Waals surface area contributed by atoms with E-state index in [-0.39, 0.29) is 12.3 Å². The first-order valence-electron chi connectivity index (χ1n) is 22.2. The number of rotatable bonds is 6. The number of hydrogen-bond acceptors (Lipinski definition) is 0. The second kappa shape index (κ2) is 63.3. The van der Waals surface area contributed by atoms with Crippen LogP contribution in [0.15, 0.2) is 0 Å². The average Bonchev–Trinajstić information content (AvgIpc) is 3.00. The summed E-state index contributed by atoms with van der Waals surface area (Å²) >= 11 is 0. The molecule has 0 rings (SSSR count). The van der Waals surface area contributed by atoms with Gasteiger partial charge in [0.1, 0.15) is 0 Å². The van der Waals surface area contributed by atoms with Gasteiger partial charge >= 0.3 is 18.5 Å². The van der Waals surface area contributed by atoms with E-state index in [2.05, 4.69) is 83.1 Å². The minimum atomic E-state index is -4.40. The van der Waals surface area contributed by atoms with Crippen LogP contribution >= 0.6 is 0 Å². The Bertz CT molecular complexity index is 633. The molecule has 0 bridgehead atoms. The fourth-order valence-electron chi connectivity index (χ4n) is 0.585. The average molecular weight is 805 g/mol. The molecule has 1 atom stereocenters. The molecule has 0 radical (unpaired) electrons. The first kappa shape index (κ1) is 67.1. The third-order valence-corrected chi connectivity index (χ3v) is 4.77. The molecule has 0 fully saturated rings. The molecule has 0 aromatic rings. The van der Waals surface area contributed by atoms with E-state index in [1.54, 1.807) is 6.92 Å². The van der Waals surface area contributed by atoms with E-state index in [0.717, 1.165) is 39.5 Å². The van der Waals surface area contributed by atoms with Crippen molar-refractivity contribution in [2.75, 3.05) is 0 Å². The van der Waals surface area contributed by atoms with Crippen LogP contribution in [0.3, 0.4) is 0 Å². The highest BCUT2D eigenvalue weighted by Gasteiger charge is 2.34. The minimum Gasteiger partial charge on any atom is -0.171 e. The van der Waals surface area contributed by atoms with Crippen LogP contribution in [0.4, 0.5) is 39.5 Å². The third-order valence-electron chi connectivity index (χ3n) is 4.77. The predicted octanol–water partition coefficient (Wildman–Crippen LogP) is 20.6. The Kier molecular flexibility index (Phi) is 80.2. The monoisotopic (exact) mass is 805 g/mol. The molecule has 0 aliphatic rings. The summed E-state index contributed by atoms with van der Waals surface area (Å²) in [5.74, 6) is -3.20. The molecule has 9 heteroatoms. The molecule has 1 unspecified atom stereocenters. The SMILES string of the molecule is CC.CC(C)C.CC(C)C(F)(F)F.CCC.CCC(C)C.CCC(C)C(F)(F)F.CCCC.CCCCC.[2H]C(C)(C)C.[2H]C(C)(C)C(F)(F)F.[2H]C([2H])(C)CC. The van der Waals surface area contributed by atoms with Gasteiger partial charge in [-0.25, -0.2) is 0 Å². The van der Waals surface area contributed by atoms with Gasteiger partial charge in [0.2, 0.25) is 0 Å². The molecule has 0 aliphatic heterocycles. The number of hydrogen-bond donors (Lipinski definition) is 0. The molecule has 0 saturated carbocycles. The molecular formula is C44H101F9. The Morgan fingerprint density at radius 3 is 0.642 bits per heavy atom. The molecule has 0 aromatic carbocycles. The minimum absolute atomic E-state index is 0.170. The molecule has 53 heavy (non-hydrogen) atoms. The van der Waals surface area contributed by atoms with Gasteiger partial charge in [0.25, 0.3) is 0 Å². The van der Waals surface area contributed by atoms with Crippen molar-refractivity contribution in [3.8, 4) is 0 Å². The largest absolute Gasteiger partial charge is 0.391 e. The Labute approximate surface area is 336 Å². The maximum Gasteiger partial charge on any atom is 0.391 e. The molecule has 0 aliphatic carbocycles. The topological polar surface area (TPSA) is 0 Å². The number of alkyl halides is 9. The fourth-order valence-corrected chi connectivity index (χ4v) is 0.585. The lowest BCUT2D eigenvalue weighted by Crippen LogP contribution is -2.18. The van der Waals surface area contributed by atoms with E-state index in [1.807, 2.05) is 41.5 Å². The van der Waals surface area contributed by atoms with Crippen molar-refractivity contribution >= 4 is 0 Å². The van der Waals surface area contributed by atoms with Crippen LogP contribution in [0.2, 0.25) is 0 Å². The van der Waals surface area contributed by atoms with Gasteiger partial charge in [-0.15, -0.1) is 0 Å². The van der Waals surface area contributed by atoms with Gasteiger partial charge in [0, 0.05) is 17.3 Å². The van der Waals surface area contributed by atoms with Crippen LogP contribution in [0.1, 0.15) is 243 Å². The normalized spacial score (nSPS) is 12.2. The van der Waals surface area contributed by atoms with Crippen molar-refractivity contribution in [2.24, 2.45) is 35.5 Å². The van der Waals surface area contributed by atoms with E-state index in [1.165, 1.54) is 58.8 Å². The van der Waals surface area contributed by atoms with Gasteiger partial charge in [-0.1, -0.05) is 231 Å². The maximum absolute atomic E-state index is 11.4. The summed E-state index contributed by atoms with van der Waals surface area (Å²) in [5.41, 5.74) is 0. The molecule has 0 amide bonds. The molecule has 0 N–H and O–H groups in total. The summed E-state index contributed by atoms with van der Waals surface area (Å²) in [5, 5.41) is 0. The van der Waals surface area contributed by atoms with Crippen molar-refractivity contribution in [2.45, 2.75) is 256 Å². The molecule has 340 valence electrons. The fraction of sp³-hybridized carbons (Fsp3) is 1.00. The van der Waals surface area contributed by atoms with Gasteiger partial charge < -0.3 is 0 Å². The molecule has 0 aromatic heterocycles. The van der Waals surface area contributed by atoms with Crippen molar-refractivity contribution in [1.82, 2.24) is 0 Å². The van der Waals surface area contributed by atoms with Crippen LogP contribution in [0.25, 0.3) is 0 Å². The van der Waals surface area contributed by atoms with Gasteiger partial charge in [0.15, 0.2) is 0 Å². The van der Waals surface area contributed by atoms with Crippen molar-refractivity contribution in [1.29, 1.82) is 0 Å². The van der Waals surface area contributed by atoms with Crippen LogP contribution in [-0.2, 0) is 0 Å². The quantitative estimate of drug-likeness (QED) is 0.235.